The van der Waals surface area contributed by atoms with E-state index < -0.39 is 23.1 Å². The fraction of sp³-hybridized carbons (Fsp3) is 0.214. The number of hydrogen-bond acceptors (Lipinski definition) is 7. The Hall–Kier alpha value is -4.47. The molecule has 38 heavy (non-hydrogen) atoms. The first-order chi connectivity index (χ1) is 18.2. The summed E-state index contributed by atoms with van der Waals surface area (Å²) in [5.74, 6) is -0.0432. The second-order valence-corrected chi connectivity index (χ2v) is 8.07. The second-order valence-electron chi connectivity index (χ2n) is 8.07. The molecule has 0 unspecified atom stereocenters. The molecular formula is C28H23F3O7. The molecule has 198 valence electrons. The van der Waals surface area contributed by atoms with Crippen molar-refractivity contribution >= 4 is 16.9 Å². The van der Waals surface area contributed by atoms with E-state index in [0.29, 0.717) is 22.6 Å². The van der Waals surface area contributed by atoms with Gasteiger partial charge in [-0.25, -0.2) is 4.79 Å². The second kappa shape index (κ2) is 10.9. The molecule has 10 heteroatoms. The maximum atomic E-state index is 13.5. The molecule has 3 aromatic carbocycles. The smallest absolute Gasteiger partial charge is 0.416 e. The number of benzene rings is 3. The van der Waals surface area contributed by atoms with Crippen LogP contribution in [0.1, 0.15) is 28.6 Å². The molecule has 7 nitrogen and oxygen atoms in total. The van der Waals surface area contributed by atoms with Gasteiger partial charge in [0.1, 0.15) is 17.9 Å². The Morgan fingerprint density at radius 2 is 1.63 bits per heavy atom. The molecular weight excluding hydrogens is 505 g/mol. The van der Waals surface area contributed by atoms with E-state index in [2.05, 4.69) is 0 Å². The van der Waals surface area contributed by atoms with E-state index >= 15 is 0 Å². The lowest BCUT2D eigenvalue weighted by Crippen LogP contribution is -2.15. The number of alkyl halides is 3. The van der Waals surface area contributed by atoms with Crippen LogP contribution in [-0.2, 0) is 17.5 Å². The van der Waals surface area contributed by atoms with Gasteiger partial charge in [-0.2, -0.15) is 13.2 Å². The van der Waals surface area contributed by atoms with Crippen molar-refractivity contribution in [2.75, 3.05) is 20.8 Å². The quantitative estimate of drug-likeness (QED) is 0.250. The molecule has 0 amide bonds. The van der Waals surface area contributed by atoms with E-state index in [9.17, 15) is 22.8 Å². The topological polar surface area (TPSA) is 84.2 Å². The van der Waals surface area contributed by atoms with Crippen molar-refractivity contribution in [3.8, 4) is 28.4 Å². The summed E-state index contributed by atoms with van der Waals surface area (Å²) in [6.07, 6.45) is -4.43. The third kappa shape index (κ3) is 5.44. The SMILES string of the molecule is CCOC(=O)c1oc2cc(OCc3ccc(C(F)(F)F)cc3)ccc2c(=O)c1-c1ccc(OC)c(OC)c1. The zero-order valence-corrected chi connectivity index (χ0v) is 20.7. The lowest BCUT2D eigenvalue weighted by molar-refractivity contribution is -0.137. The van der Waals surface area contributed by atoms with Gasteiger partial charge in [-0.1, -0.05) is 18.2 Å². The molecule has 0 aliphatic heterocycles. The molecule has 0 saturated heterocycles. The fourth-order valence-corrected chi connectivity index (χ4v) is 3.81. The molecule has 0 radical (unpaired) electrons. The maximum absolute atomic E-state index is 13.5. The van der Waals surface area contributed by atoms with Crippen LogP contribution in [0.5, 0.6) is 17.2 Å². The van der Waals surface area contributed by atoms with Gasteiger partial charge in [0.15, 0.2) is 11.5 Å². The largest absolute Gasteiger partial charge is 0.493 e. The highest BCUT2D eigenvalue weighted by Crippen LogP contribution is 2.34. The Labute approximate surface area is 215 Å². The molecule has 0 N–H and O–H groups in total. The Bertz CT molecular complexity index is 1520. The van der Waals surface area contributed by atoms with E-state index in [1.807, 2.05) is 0 Å². The van der Waals surface area contributed by atoms with Crippen molar-refractivity contribution in [2.45, 2.75) is 19.7 Å². The van der Waals surface area contributed by atoms with Gasteiger partial charge in [-0.05, 0) is 54.4 Å². The number of fused-ring (bicyclic) bond motifs is 1. The van der Waals surface area contributed by atoms with Gasteiger partial charge in [-0.15, -0.1) is 0 Å². The molecule has 0 fully saturated rings. The fourth-order valence-electron chi connectivity index (χ4n) is 3.81. The summed E-state index contributed by atoms with van der Waals surface area (Å²) >= 11 is 0. The highest BCUT2D eigenvalue weighted by atomic mass is 19.4. The molecule has 1 heterocycles. The number of halogens is 3. The van der Waals surface area contributed by atoms with Gasteiger partial charge >= 0.3 is 12.1 Å². The lowest BCUT2D eigenvalue weighted by Gasteiger charge is -2.13. The van der Waals surface area contributed by atoms with Crippen LogP contribution in [0, 0.1) is 0 Å². The molecule has 0 bridgehead atoms. The van der Waals surface area contributed by atoms with Gasteiger partial charge in [0.05, 0.1) is 37.3 Å². The summed E-state index contributed by atoms with van der Waals surface area (Å²) in [5.41, 5.74) is -0.289. The van der Waals surface area contributed by atoms with Gasteiger partial charge in [0.2, 0.25) is 11.2 Å². The molecule has 0 atom stereocenters. The summed E-state index contributed by atoms with van der Waals surface area (Å²) in [6.45, 7) is 1.66. The molecule has 0 aliphatic rings. The summed E-state index contributed by atoms with van der Waals surface area (Å²) < 4.78 is 65.6. The first kappa shape index (κ1) is 26.6. The number of ether oxygens (including phenoxy) is 4. The average Bonchev–Trinajstić information content (AvgIpc) is 2.91. The summed E-state index contributed by atoms with van der Waals surface area (Å²) in [7, 11) is 2.92. The van der Waals surface area contributed by atoms with Gasteiger partial charge in [0, 0.05) is 6.07 Å². The standard InChI is InChI=1S/C28H23F3O7/c1-4-36-27(33)26-24(17-7-12-21(34-2)23(13-17)35-3)25(32)20-11-10-19(14-22(20)38-26)37-15-16-5-8-18(9-6-16)28(29,30)31/h5-14H,4,15H2,1-3H3. The van der Waals surface area contributed by atoms with Gasteiger partial charge < -0.3 is 23.4 Å². The summed E-state index contributed by atoms with van der Waals surface area (Å²) in [6, 6.07) is 13.8. The molecule has 1 aromatic heterocycles. The molecule has 0 saturated carbocycles. The summed E-state index contributed by atoms with van der Waals surface area (Å²) in [4.78, 5) is 26.3. The van der Waals surface area contributed by atoms with Crippen LogP contribution in [0.4, 0.5) is 13.2 Å². The normalized spacial score (nSPS) is 11.3. The maximum Gasteiger partial charge on any atom is 0.416 e. The number of esters is 1. The van der Waals surface area contributed by atoms with Crippen molar-refractivity contribution in [2.24, 2.45) is 0 Å². The van der Waals surface area contributed by atoms with Crippen LogP contribution >= 0.6 is 0 Å². The predicted octanol–water partition coefficient (Wildman–Crippen LogP) is 6.25. The van der Waals surface area contributed by atoms with Gasteiger partial charge in [-0.3, -0.25) is 4.79 Å². The number of methoxy groups -OCH3 is 2. The van der Waals surface area contributed by atoms with Crippen LogP contribution in [0.3, 0.4) is 0 Å². The minimum Gasteiger partial charge on any atom is -0.493 e. The molecule has 4 aromatic rings. The van der Waals surface area contributed by atoms with Crippen molar-refractivity contribution in [3.63, 3.8) is 0 Å². The third-order valence-electron chi connectivity index (χ3n) is 5.68. The van der Waals surface area contributed by atoms with Crippen molar-refractivity contribution in [1.82, 2.24) is 0 Å². The van der Waals surface area contributed by atoms with Crippen molar-refractivity contribution in [3.05, 3.63) is 87.8 Å². The van der Waals surface area contributed by atoms with E-state index in [0.717, 1.165) is 12.1 Å². The number of carbonyl (C=O) groups excluding carboxylic acids is 1. The number of rotatable bonds is 8. The number of carbonyl (C=O) groups is 1. The zero-order chi connectivity index (χ0) is 27.4. The van der Waals surface area contributed by atoms with Gasteiger partial charge in [0.25, 0.3) is 0 Å². The lowest BCUT2D eigenvalue weighted by atomic mass is 10.0. The first-order valence-corrected chi connectivity index (χ1v) is 11.5. The highest BCUT2D eigenvalue weighted by molar-refractivity contribution is 5.98. The minimum absolute atomic E-state index is 0.00433. The Morgan fingerprint density at radius 3 is 2.26 bits per heavy atom. The first-order valence-electron chi connectivity index (χ1n) is 11.5. The Kier molecular flexibility index (Phi) is 7.61. The monoisotopic (exact) mass is 528 g/mol. The van der Waals surface area contributed by atoms with E-state index in [-0.39, 0.29) is 41.3 Å². The van der Waals surface area contributed by atoms with E-state index in [1.54, 1.807) is 25.1 Å². The van der Waals surface area contributed by atoms with Crippen LogP contribution < -0.4 is 19.6 Å². The summed E-state index contributed by atoms with van der Waals surface area (Å²) in [5, 5.41) is 0.185. The molecule has 4 rings (SSSR count). The number of hydrogen-bond donors (Lipinski definition) is 0. The van der Waals surface area contributed by atoms with Crippen LogP contribution in [0.15, 0.2) is 69.9 Å². The van der Waals surface area contributed by atoms with E-state index in [1.165, 1.54) is 44.6 Å². The minimum atomic E-state index is -4.43. The Morgan fingerprint density at radius 1 is 0.921 bits per heavy atom. The molecule has 0 spiro atoms. The van der Waals surface area contributed by atoms with Crippen LogP contribution in [0.25, 0.3) is 22.1 Å². The van der Waals surface area contributed by atoms with Crippen molar-refractivity contribution < 1.29 is 41.3 Å². The highest BCUT2D eigenvalue weighted by Gasteiger charge is 2.30. The third-order valence-corrected chi connectivity index (χ3v) is 5.68. The zero-order valence-electron chi connectivity index (χ0n) is 20.7. The van der Waals surface area contributed by atoms with Crippen molar-refractivity contribution in [1.29, 1.82) is 0 Å². The van der Waals surface area contributed by atoms with Crippen LogP contribution in [-0.4, -0.2) is 26.8 Å². The molecule has 0 aliphatic carbocycles. The average molecular weight is 528 g/mol. The van der Waals surface area contributed by atoms with E-state index in [4.69, 9.17) is 23.4 Å². The Balaban J connectivity index is 1.72. The van der Waals surface area contributed by atoms with Crippen LogP contribution in [0.2, 0.25) is 0 Å². The predicted molar refractivity (Wildman–Crippen MR) is 133 cm³/mol.